The van der Waals surface area contributed by atoms with Crippen LogP contribution in [0.15, 0.2) is 41.6 Å². The zero-order valence-corrected chi connectivity index (χ0v) is 24.3. The Bertz CT molecular complexity index is 1320. The van der Waals surface area contributed by atoms with E-state index in [0.717, 1.165) is 44.6 Å². The Balaban J connectivity index is 1.48. The molecule has 1 aromatic rings. The Labute approximate surface area is 244 Å². The molecule has 0 saturated heterocycles. The van der Waals surface area contributed by atoms with Crippen LogP contribution in [0.5, 0.6) is 5.75 Å². The summed E-state index contributed by atoms with van der Waals surface area (Å²) in [6.07, 6.45) is 7.03. The van der Waals surface area contributed by atoms with E-state index >= 15 is 4.39 Å². The fraction of sp³-hybridized carbons (Fsp3) is 0.500. The van der Waals surface area contributed by atoms with Crippen molar-refractivity contribution >= 4 is 35.9 Å². The van der Waals surface area contributed by atoms with Gasteiger partial charge in [0.2, 0.25) is 5.91 Å². The van der Waals surface area contributed by atoms with Gasteiger partial charge in [-0.05, 0) is 61.3 Å². The highest BCUT2D eigenvalue weighted by molar-refractivity contribution is 5.96. The molecule has 12 heteroatoms. The highest BCUT2D eigenvalue weighted by atomic mass is 19.1. The van der Waals surface area contributed by atoms with Gasteiger partial charge in [0.05, 0.1) is 5.69 Å². The van der Waals surface area contributed by atoms with Crippen LogP contribution in [0, 0.1) is 16.2 Å². The molecule has 1 saturated carbocycles. The minimum atomic E-state index is -1.01. The molecular formula is C30H39FN6O5. The van der Waals surface area contributed by atoms with Crippen LogP contribution in [-0.4, -0.2) is 61.4 Å². The lowest BCUT2D eigenvalue weighted by Crippen LogP contribution is -2.52. The van der Waals surface area contributed by atoms with Crippen LogP contribution in [0.2, 0.25) is 0 Å². The molecule has 226 valence electrons. The van der Waals surface area contributed by atoms with E-state index in [0.29, 0.717) is 23.5 Å². The average Bonchev–Trinajstić information content (AvgIpc) is 2.99. The molecular weight excluding hydrogens is 543 g/mol. The number of aldehydes is 1. The standard InChI is InChI=1S/C30H39FN6O5/c1-4-30(10-8-29(2,18-38)9-11-30)17-34-27(40)22-14-23(37(3)26(36-22)20(31)7-12-32)28(41)33-15-19-5-6-24-21(13-19)35-25(39)16-42-24/h5-6,12-14,18,23,32,36H,4,7-11,15-17H2,1-3H3,(H,33,41)(H,34,40)(H,35,39)/b26-20-,32-12?. The summed E-state index contributed by atoms with van der Waals surface area (Å²) in [6, 6.07) is 4.16. The van der Waals surface area contributed by atoms with Crippen molar-refractivity contribution < 1.29 is 28.3 Å². The van der Waals surface area contributed by atoms with E-state index in [1.165, 1.54) is 18.0 Å². The summed E-state index contributed by atoms with van der Waals surface area (Å²) in [7, 11) is 1.53. The van der Waals surface area contributed by atoms with E-state index in [1.54, 1.807) is 18.2 Å². The molecule has 3 aliphatic rings. The number of hydrogen-bond donors (Lipinski definition) is 5. The fourth-order valence-corrected chi connectivity index (χ4v) is 5.52. The van der Waals surface area contributed by atoms with Gasteiger partial charge in [0.15, 0.2) is 6.61 Å². The van der Waals surface area contributed by atoms with Gasteiger partial charge in [0.25, 0.3) is 11.8 Å². The third-order valence-electron chi connectivity index (χ3n) is 8.65. The first-order chi connectivity index (χ1) is 20.0. The van der Waals surface area contributed by atoms with Gasteiger partial charge in [-0.3, -0.25) is 14.4 Å². The van der Waals surface area contributed by atoms with Crippen molar-refractivity contribution in [3.05, 3.63) is 47.2 Å². The van der Waals surface area contributed by atoms with Gasteiger partial charge in [-0.25, -0.2) is 4.39 Å². The maximum absolute atomic E-state index is 15.0. The van der Waals surface area contributed by atoms with Gasteiger partial charge < -0.3 is 41.1 Å². The van der Waals surface area contributed by atoms with E-state index < -0.39 is 23.7 Å². The number of amides is 3. The van der Waals surface area contributed by atoms with Crippen LogP contribution < -0.4 is 26.0 Å². The van der Waals surface area contributed by atoms with Gasteiger partial charge in [0, 0.05) is 38.2 Å². The third kappa shape index (κ3) is 6.80. The van der Waals surface area contributed by atoms with Gasteiger partial charge in [-0.15, -0.1) is 0 Å². The van der Waals surface area contributed by atoms with Crippen molar-refractivity contribution in [1.82, 2.24) is 20.9 Å². The fourth-order valence-electron chi connectivity index (χ4n) is 5.52. The number of nitrogens with one attached hydrogen (secondary N) is 5. The molecule has 1 atom stereocenters. The van der Waals surface area contributed by atoms with E-state index in [9.17, 15) is 19.2 Å². The largest absolute Gasteiger partial charge is 0.482 e. The number of carbonyl (C=O) groups is 4. The molecule has 1 unspecified atom stereocenters. The van der Waals surface area contributed by atoms with E-state index in [2.05, 4.69) is 28.2 Å². The number of nitrogens with zero attached hydrogens (tertiary/aromatic N) is 1. The van der Waals surface area contributed by atoms with Gasteiger partial charge >= 0.3 is 0 Å². The number of fused-ring (bicyclic) bond motifs is 1. The maximum atomic E-state index is 15.0. The Morgan fingerprint density at radius 3 is 2.62 bits per heavy atom. The predicted molar refractivity (Wildman–Crippen MR) is 155 cm³/mol. The summed E-state index contributed by atoms with van der Waals surface area (Å²) < 4.78 is 20.4. The third-order valence-corrected chi connectivity index (χ3v) is 8.65. The van der Waals surface area contributed by atoms with Gasteiger partial charge in [0.1, 0.15) is 35.4 Å². The molecule has 0 radical (unpaired) electrons. The number of likely N-dealkylation sites (N-methyl/N-ethyl adjacent to an activating group) is 1. The van der Waals surface area contributed by atoms with E-state index in [-0.39, 0.29) is 47.8 Å². The van der Waals surface area contributed by atoms with Gasteiger partial charge in [-0.1, -0.05) is 19.9 Å². The lowest BCUT2D eigenvalue weighted by Gasteiger charge is -2.42. The Morgan fingerprint density at radius 2 is 1.95 bits per heavy atom. The number of ether oxygens (including phenoxy) is 1. The summed E-state index contributed by atoms with van der Waals surface area (Å²) in [5.74, 6) is -1.41. The molecule has 1 aliphatic carbocycles. The van der Waals surface area contributed by atoms with Gasteiger partial charge in [-0.2, -0.15) is 0 Å². The molecule has 1 fully saturated rings. The number of rotatable bonds is 10. The molecule has 0 bridgehead atoms. The van der Waals surface area contributed by atoms with E-state index in [4.69, 9.17) is 10.1 Å². The molecule has 5 N–H and O–H groups in total. The second-order valence-corrected chi connectivity index (χ2v) is 11.6. The summed E-state index contributed by atoms with van der Waals surface area (Å²) in [6.45, 7) is 4.49. The van der Waals surface area contributed by atoms with Crippen LogP contribution in [0.25, 0.3) is 0 Å². The molecule has 2 heterocycles. The Morgan fingerprint density at radius 1 is 1.21 bits per heavy atom. The SMILES string of the molecule is CCC1(CNC(=O)C2=CC(C(=O)NCc3ccc4c(c3)NC(=O)CO4)N(C)/C(=C(\F)CC=N)N2)CCC(C)(C=O)CC1. The van der Waals surface area contributed by atoms with Crippen molar-refractivity contribution in [3.8, 4) is 5.75 Å². The van der Waals surface area contributed by atoms with E-state index in [1.807, 2.05) is 6.92 Å². The van der Waals surface area contributed by atoms with Crippen LogP contribution in [0.3, 0.4) is 0 Å². The minimum Gasteiger partial charge on any atom is -0.482 e. The number of allylic oxidation sites excluding steroid dienone is 1. The minimum absolute atomic E-state index is 0.0387. The molecule has 4 rings (SSSR count). The van der Waals surface area contributed by atoms with Crippen LogP contribution in [-0.2, 0) is 25.7 Å². The number of anilines is 1. The van der Waals surface area contributed by atoms with Crippen molar-refractivity contribution in [2.45, 2.75) is 65.0 Å². The van der Waals surface area contributed by atoms with Crippen molar-refractivity contribution in [3.63, 3.8) is 0 Å². The lowest BCUT2D eigenvalue weighted by molar-refractivity contribution is -0.124. The molecule has 1 aromatic carbocycles. The molecule has 2 aliphatic heterocycles. The maximum Gasteiger partial charge on any atom is 0.267 e. The first-order valence-corrected chi connectivity index (χ1v) is 14.2. The normalized spacial score (nSPS) is 26.4. The number of carbonyl (C=O) groups excluding carboxylic acids is 4. The number of halogens is 1. The second-order valence-electron chi connectivity index (χ2n) is 11.6. The summed E-state index contributed by atoms with van der Waals surface area (Å²) in [5, 5.41) is 18.7. The average molecular weight is 583 g/mol. The molecule has 42 heavy (non-hydrogen) atoms. The van der Waals surface area contributed by atoms with Crippen molar-refractivity contribution in [2.24, 2.45) is 10.8 Å². The molecule has 0 spiro atoms. The first-order valence-electron chi connectivity index (χ1n) is 14.2. The summed E-state index contributed by atoms with van der Waals surface area (Å²) >= 11 is 0. The van der Waals surface area contributed by atoms with Crippen molar-refractivity contribution in [2.75, 3.05) is 25.5 Å². The van der Waals surface area contributed by atoms with Crippen LogP contribution in [0.1, 0.15) is 57.9 Å². The highest BCUT2D eigenvalue weighted by Crippen LogP contribution is 2.45. The quantitative estimate of drug-likeness (QED) is 0.210. The second kappa shape index (κ2) is 12.7. The zero-order valence-electron chi connectivity index (χ0n) is 24.3. The first kappa shape index (κ1) is 30.7. The topological polar surface area (TPSA) is 153 Å². The Kier molecular flexibility index (Phi) is 9.33. The summed E-state index contributed by atoms with van der Waals surface area (Å²) in [4.78, 5) is 51.2. The predicted octanol–water partition coefficient (Wildman–Crippen LogP) is 2.89. The Hall–Kier alpha value is -4.22. The molecule has 0 aromatic heterocycles. The summed E-state index contributed by atoms with van der Waals surface area (Å²) in [5.41, 5.74) is 0.768. The number of benzene rings is 1. The number of hydrogen-bond acceptors (Lipinski definition) is 8. The lowest BCUT2D eigenvalue weighted by atomic mass is 9.64. The smallest absolute Gasteiger partial charge is 0.267 e. The highest BCUT2D eigenvalue weighted by Gasteiger charge is 2.40. The van der Waals surface area contributed by atoms with Crippen LogP contribution >= 0.6 is 0 Å². The van der Waals surface area contributed by atoms with Crippen molar-refractivity contribution in [1.29, 1.82) is 5.41 Å². The molecule has 11 nitrogen and oxygen atoms in total. The van der Waals surface area contributed by atoms with Crippen LogP contribution in [0.4, 0.5) is 10.1 Å². The monoisotopic (exact) mass is 582 g/mol. The zero-order chi connectivity index (χ0) is 30.5. The molecule has 3 amide bonds.